The molecule has 0 radical (unpaired) electrons. The third kappa shape index (κ3) is 7.07. The molecular formula is C45H45BrO4. The van der Waals surface area contributed by atoms with Crippen LogP contribution >= 0.6 is 15.9 Å². The van der Waals surface area contributed by atoms with Crippen LogP contribution in [-0.2, 0) is 24.5 Å². The molecule has 0 aliphatic heterocycles. The molecule has 50 heavy (non-hydrogen) atoms. The standard InChI is InChI=1S/C45H45BrO4/c1-30(2)43(47)49-27-15-5-13-25-45(26-14-6-16-28-50-44(48)31(3)4)39-22-12-11-17-33(39)34-24-23-32(29-40(34)45)41-35-18-7-9-20-37(35)42(46)38-21-10-8-19-36(38)41/h7-12,17-24,29H,1,3,5-6,13-16,25-28H2,2,4H3. The van der Waals surface area contributed by atoms with Gasteiger partial charge in [-0.2, -0.15) is 0 Å². The third-order valence-electron chi connectivity index (χ3n) is 10.1. The van der Waals surface area contributed by atoms with Crippen LogP contribution in [0.2, 0.25) is 0 Å². The number of halogens is 1. The molecule has 0 atom stereocenters. The first kappa shape index (κ1) is 35.3. The highest BCUT2D eigenvalue weighted by Gasteiger charge is 2.42. The highest BCUT2D eigenvalue weighted by molar-refractivity contribution is 9.10. The predicted octanol–water partition coefficient (Wildman–Crippen LogP) is 12.0. The van der Waals surface area contributed by atoms with Crippen LogP contribution in [0.3, 0.4) is 0 Å². The van der Waals surface area contributed by atoms with Crippen molar-refractivity contribution in [2.45, 2.75) is 70.6 Å². The van der Waals surface area contributed by atoms with Gasteiger partial charge < -0.3 is 9.47 Å². The molecular weight excluding hydrogens is 684 g/mol. The Kier molecular flexibility index (Phi) is 11.0. The summed E-state index contributed by atoms with van der Waals surface area (Å²) in [6, 6.07) is 33.4. The van der Waals surface area contributed by atoms with Crippen LogP contribution in [0.15, 0.2) is 120 Å². The maximum atomic E-state index is 11.9. The lowest BCUT2D eigenvalue weighted by atomic mass is 9.70. The van der Waals surface area contributed by atoms with E-state index in [4.69, 9.17) is 9.47 Å². The molecule has 0 N–H and O–H groups in total. The maximum Gasteiger partial charge on any atom is 0.333 e. The number of benzene rings is 5. The highest BCUT2D eigenvalue weighted by Crippen LogP contribution is 2.55. The summed E-state index contributed by atoms with van der Waals surface area (Å²) in [5.74, 6) is -0.649. The Morgan fingerprint density at radius 2 is 1.08 bits per heavy atom. The molecule has 0 bridgehead atoms. The van der Waals surface area contributed by atoms with Gasteiger partial charge >= 0.3 is 11.9 Å². The molecule has 0 unspecified atom stereocenters. The first-order valence-corrected chi connectivity index (χ1v) is 18.5. The van der Waals surface area contributed by atoms with Crippen molar-refractivity contribution in [1.29, 1.82) is 0 Å². The van der Waals surface area contributed by atoms with Crippen LogP contribution in [0.25, 0.3) is 43.8 Å². The molecule has 4 nitrogen and oxygen atoms in total. The summed E-state index contributed by atoms with van der Waals surface area (Å²) in [6.45, 7) is 11.6. The number of esters is 2. The van der Waals surface area contributed by atoms with Crippen LogP contribution in [0.5, 0.6) is 0 Å². The van der Waals surface area contributed by atoms with Crippen molar-refractivity contribution < 1.29 is 19.1 Å². The summed E-state index contributed by atoms with van der Waals surface area (Å²) in [4.78, 5) is 23.9. The molecule has 1 aliphatic carbocycles. The van der Waals surface area contributed by atoms with Gasteiger partial charge in [-0.25, -0.2) is 9.59 Å². The zero-order valence-corrected chi connectivity index (χ0v) is 30.7. The number of fused-ring (bicyclic) bond motifs is 5. The summed E-state index contributed by atoms with van der Waals surface area (Å²) in [5, 5.41) is 4.87. The number of carbonyl (C=O) groups excluding carboxylic acids is 2. The van der Waals surface area contributed by atoms with Gasteiger partial charge in [-0.3, -0.25) is 0 Å². The zero-order chi connectivity index (χ0) is 35.3. The van der Waals surface area contributed by atoms with E-state index in [2.05, 4.69) is 120 Å². The van der Waals surface area contributed by atoms with E-state index in [-0.39, 0.29) is 17.4 Å². The Bertz CT molecular complexity index is 2000. The third-order valence-corrected chi connectivity index (χ3v) is 10.9. The minimum absolute atomic E-state index is 0.175. The second kappa shape index (κ2) is 15.6. The quantitative estimate of drug-likeness (QED) is 0.0466. The Morgan fingerprint density at radius 3 is 1.62 bits per heavy atom. The molecule has 0 aromatic heterocycles. The normalized spacial score (nSPS) is 12.8. The molecule has 0 fully saturated rings. The van der Waals surface area contributed by atoms with Gasteiger partial charge in [-0.15, -0.1) is 0 Å². The number of unbranched alkanes of at least 4 members (excludes halogenated alkanes) is 4. The molecule has 0 saturated carbocycles. The van der Waals surface area contributed by atoms with E-state index in [1.165, 1.54) is 54.9 Å². The molecule has 6 rings (SSSR count). The summed E-state index contributed by atoms with van der Waals surface area (Å²) in [6.07, 6.45) is 7.53. The summed E-state index contributed by atoms with van der Waals surface area (Å²) < 4.78 is 11.9. The Morgan fingerprint density at radius 1 is 0.600 bits per heavy atom. The molecule has 0 spiro atoms. The first-order chi connectivity index (χ1) is 24.2. The molecule has 5 aromatic carbocycles. The number of rotatable bonds is 15. The fraction of sp³-hybridized carbons (Fsp3) is 0.289. The van der Waals surface area contributed by atoms with Crippen molar-refractivity contribution in [2.75, 3.05) is 13.2 Å². The van der Waals surface area contributed by atoms with Crippen molar-refractivity contribution in [3.8, 4) is 22.3 Å². The topological polar surface area (TPSA) is 52.6 Å². The minimum Gasteiger partial charge on any atom is -0.462 e. The minimum atomic E-state index is -0.324. The molecule has 5 aromatic rings. The smallest absolute Gasteiger partial charge is 0.333 e. The Labute approximate surface area is 304 Å². The fourth-order valence-electron chi connectivity index (χ4n) is 7.65. The van der Waals surface area contributed by atoms with E-state index >= 15 is 0 Å². The average molecular weight is 730 g/mol. The van der Waals surface area contributed by atoms with Crippen LogP contribution in [-0.4, -0.2) is 25.2 Å². The molecule has 5 heteroatoms. The lowest BCUT2D eigenvalue weighted by Crippen LogP contribution is -2.25. The summed E-state index contributed by atoms with van der Waals surface area (Å²) >= 11 is 3.94. The van der Waals surface area contributed by atoms with Crippen LogP contribution in [0.1, 0.15) is 76.3 Å². The van der Waals surface area contributed by atoms with Crippen molar-refractivity contribution >= 4 is 49.4 Å². The van der Waals surface area contributed by atoms with Gasteiger partial charge in [-0.05, 0) is 116 Å². The van der Waals surface area contributed by atoms with Crippen molar-refractivity contribution in [2.24, 2.45) is 0 Å². The number of carbonyl (C=O) groups is 2. The van der Waals surface area contributed by atoms with Gasteiger partial charge in [0.2, 0.25) is 0 Å². The van der Waals surface area contributed by atoms with Crippen molar-refractivity contribution in [1.82, 2.24) is 0 Å². The van der Waals surface area contributed by atoms with Crippen LogP contribution in [0, 0.1) is 0 Å². The Hall–Kier alpha value is -4.48. The SMILES string of the molecule is C=C(C)C(=O)OCCCCCC1(CCCCCOC(=O)C(=C)C)c2ccccc2-c2ccc(-c3c4ccccc4c(Br)c4ccccc34)cc21. The average Bonchev–Trinajstić information content (AvgIpc) is 3.40. The molecule has 0 amide bonds. The van der Waals surface area contributed by atoms with Gasteiger partial charge in [0, 0.05) is 21.0 Å². The molecule has 0 heterocycles. The van der Waals surface area contributed by atoms with Crippen molar-refractivity contribution in [3.05, 3.63) is 131 Å². The monoisotopic (exact) mass is 728 g/mol. The second-order valence-corrected chi connectivity index (χ2v) is 14.4. The van der Waals surface area contributed by atoms with E-state index in [0.717, 1.165) is 55.8 Å². The van der Waals surface area contributed by atoms with Crippen LogP contribution in [0.4, 0.5) is 0 Å². The van der Waals surface area contributed by atoms with Crippen molar-refractivity contribution in [3.63, 3.8) is 0 Å². The van der Waals surface area contributed by atoms with Gasteiger partial charge in [0.05, 0.1) is 13.2 Å². The van der Waals surface area contributed by atoms with E-state index in [1.807, 2.05) is 0 Å². The van der Waals surface area contributed by atoms with E-state index < -0.39 is 0 Å². The second-order valence-electron chi connectivity index (χ2n) is 13.6. The highest BCUT2D eigenvalue weighted by atomic mass is 79.9. The molecule has 0 saturated heterocycles. The largest absolute Gasteiger partial charge is 0.462 e. The summed E-state index contributed by atoms with van der Waals surface area (Å²) in [7, 11) is 0. The number of hydrogen-bond donors (Lipinski definition) is 0. The summed E-state index contributed by atoms with van der Waals surface area (Å²) in [5.41, 5.74) is 8.55. The zero-order valence-electron chi connectivity index (χ0n) is 29.2. The van der Waals surface area contributed by atoms with Gasteiger partial charge in [0.1, 0.15) is 0 Å². The molecule has 1 aliphatic rings. The Balaban J connectivity index is 1.38. The number of ether oxygens (including phenoxy) is 2. The van der Waals surface area contributed by atoms with Gasteiger partial charge in [-0.1, -0.05) is 124 Å². The lowest BCUT2D eigenvalue weighted by molar-refractivity contribution is -0.139. The van der Waals surface area contributed by atoms with Crippen LogP contribution < -0.4 is 0 Å². The van der Waals surface area contributed by atoms with Gasteiger partial charge in [0.15, 0.2) is 0 Å². The van der Waals surface area contributed by atoms with Gasteiger partial charge in [0.25, 0.3) is 0 Å². The predicted molar refractivity (Wildman–Crippen MR) is 209 cm³/mol. The van der Waals surface area contributed by atoms with E-state index in [0.29, 0.717) is 24.4 Å². The fourth-order valence-corrected chi connectivity index (χ4v) is 8.34. The van der Waals surface area contributed by atoms with E-state index in [1.54, 1.807) is 13.8 Å². The lowest BCUT2D eigenvalue weighted by Gasteiger charge is -2.33. The maximum absolute atomic E-state index is 11.9. The number of hydrogen-bond acceptors (Lipinski definition) is 4. The molecule has 256 valence electrons. The van der Waals surface area contributed by atoms with E-state index in [9.17, 15) is 9.59 Å². The first-order valence-electron chi connectivity index (χ1n) is 17.7.